The third-order valence-electron chi connectivity index (χ3n) is 1.22. The number of amidine groups is 1. The quantitative estimate of drug-likeness (QED) is 0.568. The molecule has 9 heavy (non-hydrogen) atoms. The normalized spacial score (nSPS) is 16.8. The van der Waals surface area contributed by atoms with Crippen molar-refractivity contribution in [3.63, 3.8) is 0 Å². The molecule has 0 atom stereocenters. The minimum Gasteiger partial charge on any atom is -0.372 e. The molecule has 0 aromatic heterocycles. The third-order valence-corrected chi connectivity index (χ3v) is 1.22. The van der Waals surface area contributed by atoms with E-state index in [2.05, 4.69) is 22.8 Å². The Bertz CT molecular complexity index is 109. The molecule has 51 valence electrons. The maximum atomic E-state index is 3.90. The zero-order valence-corrected chi connectivity index (χ0v) is 5.72. The number of nitrogens with one attached hydrogen (secondary N) is 1. The van der Waals surface area contributed by atoms with Crippen molar-refractivity contribution in [2.24, 2.45) is 5.10 Å². The van der Waals surface area contributed by atoms with Crippen LogP contribution in [-0.4, -0.2) is 18.9 Å². The number of nitrogens with zero attached hydrogens (tertiary/aromatic N) is 2. The van der Waals surface area contributed by atoms with Crippen molar-refractivity contribution in [3.8, 4) is 0 Å². The SMILES string of the molecule is CCCNC1=N[N]CC1. The van der Waals surface area contributed by atoms with Gasteiger partial charge in [0.1, 0.15) is 5.84 Å². The van der Waals surface area contributed by atoms with Crippen LogP contribution in [0.15, 0.2) is 5.10 Å². The molecule has 1 heterocycles. The first-order chi connectivity index (χ1) is 4.43. The van der Waals surface area contributed by atoms with Gasteiger partial charge in [0, 0.05) is 13.0 Å². The lowest BCUT2D eigenvalue weighted by atomic mass is 10.4. The van der Waals surface area contributed by atoms with E-state index in [1.807, 2.05) is 0 Å². The van der Waals surface area contributed by atoms with E-state index in [1.54, 1.807) is 0 Å². The van der Waals surface area contributed by atoms with Crippen LogP contribution in [0.3, 0.4) is 0 Å². The van der Waals surface area contributed by atoms with Crippen LogP contribution < -0.4 is 10.7 Å². The van der Waals surface area contributed by atoms with Crippen LogP contribution in [-0.2, 0) is 0 Å². The van der Waals surface area contributed by atoms with Gasteiger partial charge in [-0.1, -0.05) is 6.92 Å². The van der Waals surface area contributed by atoms with E-state index in [9.17, 15) is 0 Å². The van der Waals surface area contributed by atoms with E-state index >= 15 is 0 Å². The molecule has 0 saturated carbocycles. The van der Waals surface area contributed by atoms with Crippen molar-refractivity contribution >= 4 is 5.84 Å². The van der Waals surface area contributed by atoms with Crippen LogP contribution in [0.1, 0.15) is 19.8 Å². The Kier molecular flexibility index (Phi) is 2.36. The molecule has 0 unspecified atom stereocenters. The molecule has 0 amide bonds. The molecule has 3 nitrogen and oxygen atoms in total. The predicted octanol–water partition coefficient (Wildman–Crippen LogP) is 0.308. The molecule has 1 rings (SSSR count). The van der Waals surface area contributed by atoms with Crippen LogP contribution in [0, 0.1) is 0 Å². The highest BCUT2D eigenvalue weighted by molar-refractivity contribution is 5.83. The second-order valence-corrected chi connectivity index (χ2v) is 2.09. The Hall–Kier alpha value is -0.730. The van der Waals surface area contributed by atoms with Gasteiger partial charge in [0.15, 0.2) is 0 Å². The molecular formula is C6H12N3. The summed E-state index contributed by atoms with van der Waals surface area (Å²) in [4.78, 5) is 0. The number of hydrogen-bond acceptors (Lipinski definition) is 2. The van der Waals surface area contributed by atoms with Gasteiger partial charge >= 0.3 is 0 Å². The fourth-order valence-electron chi connectivity index (χ4n) is 0.734. The molecule has 1 radical (unpaired) electrons. The van der Waals surface area contributed by atoms with E-state index in [0.29, 0.717) is 0 Å². The van der Waals surface area contributed by atoms with Crippen molar-refractivity contribution in [2.45, 2.75) is 19.8 Å². The Morgan fingerprint density at radius 1 is 1.67 bits per heavy atom. The highest BCUT2D eigenvalue weighted by atomic mass is 15.3. The Balaban J connectivity index is 2.11. The fourth-order valence-corrected chi connectivity index (χ4v) is 0.734. The van der Waals surface area contributed by atoms with E-state index < -0.39 is 0 Å². The Morgan fingerprint density at radius 3 is 3.11 bits per heavy atom. The number of rotatable bonds is 2. The molecule has 0 aromatic carbocycles. The van der Waals surface area contributed by atoms with Gasteiger partial charge in [0.25, 0.3) is 0 Å². The smallest absolute Gasteiger partial charge is 0.126 e. The summed E-state index contributed by atoms with van der Waals surface area (Å²) in [6.45, 7) is 4.03. The van der Waals surface area contributed by atoms with E-state index in [4.69, 9.17) is 0 Å². The second-order valence-electron chi connectivity index (χ2n) is 2.09. The maximum absolute atomic E-state index is 3.90. The van der Waals surface area contributed by atoms with Crippen molar-refractivity contribution in [3.05, 3.63) is 0 Å². The summed E-state index contributed by atoms with van der Waals surface area (Å²) in [6.07, 6.45) is 2.15. The van der Waals surface area contributed by atoms with Gasteiger partial charge in [-0.05, 0) is 6.42 Å². The average Bonchev–Trinajstić information content (AvgIpc) is 2.34. The zero-order chi connectivity index (χ0) is 6.53. The molecule has 0 spiro atoms. The largest absolute Gasteiger partial charge is 0.372 e. The highest BCUT2D eigenvalue weighted by Crippen LogP contribution is 1.90. The molecule has 0 aliphatic carbocycles. The summed E-state index contributed by atoms with van der Waals surface area (Å²) in [5, 5.41) is 7.09. The monoisotopic (exact) mass is 126 g/mol. The molecule has 1 N–H and O–H groups in total. The van der Waals surface area contributed by atoms with Gasteiger partial charge in [-0.15, -0.1) is 5.10 Å². The minimum atomic E-state index is 0.867. The first-order valence-corrected chi connectivity index (χ1v) is 3.40. The fraction of sp³-hybridized carbons (Fsp3) is 0.833. The summed E-state index contributed by atoms with van der Waals surface area (Å²) in [5.74, 6) is 1.05. The minimum absolute atomic E-state index is 0.867. The third kappa shape index (κ3) is 1.91. The summed E-state index contributed by atoms with van der Waals surface area (Å²) in [7, 11) is 0. The summed E-state index contributed by atoms with van der Waals surface area (Å²) >= 11 is 0. The molecule has 1 aliphatic rings. The molecule has 0 aromatic rings. The Labute approximate surface area is 55.5 Å². The first kappa shape index (κ1) is 6.39. The molecule has 0 bridgehead atoms. The van der Waals surface area contributed by atoms with Crippen molar-refractivity contribution < 1.29 is 0 Å². The first-order valence-electron chi connectivity index (χ1n) is 3.40. The Morgan fingerprint density at radius 2 is 2.56 bits per heavy atom. The van der Waals surface area contributed by atoms with Crippen LogP contribution in [0.2, 0.25) is 0 Å². The van der Waals surface area contributed by atoms with Crippen LogP contribution in [0.5, 0.6) is 0 Å². The molecule has 3 heteroatoms. The molecular weight excluding hydrogens is 114 g/mol. The van der Waals surface area contributed by atoms with Gasteiger partial charge in [0.2, 0.25) is 0 Å². The van der Waals surface area contributed by atoms with Gasteiger partial charge in [-0.2, -0.15) is 5.43 Å². The van der Waals surface area contributed by atoms with Gasteiger partial charge in [0.05, 0.1) is 6.54 Å². The van der Waals surface area contributed by atoms with Crippen molar-refractivity contribution in [1.82, 2.24) is 10.7 Å². The highest BCUT2D eigenvalue weighted by Gasteiger charge is 2.04. The van der Waals surface area contributed by atoms with Gasteiger partial charge < -0.3 is 5.32 Å². The summed E-state index contributed by atoms with van der Waals surface area (Å²) < 4.78 is 0. The van der Waals surface area contributed by atoms with Crippen LogP contribution in [0.4, 0.5) is 0 Å². The van der Waals surface area contributed by atoms with Crippen molar-refractivity contribution in [2.75, 3.05) is 13.1 Å². The second kappa shape index (κ2) is 3.33. The van der Waals surface area contributed by atoms with E-state index in [0.717, 1.165) is 31.8 Å². The summed E-state index contributed by atoms with van der Waals surface area (Å²) in [6, 6.07) is 0. The summed E-state index contributed by atoms with van der Waals surface area (Å²) in [5.41, 5.74) is 3.84. The molecule has 1 aliphatic heterocycles. The zero-order valence-electron chi connectivity index (χ0n) is 5.72. The van der Waals surface area contributed by atoms with Crippen LogP contribution >= 0.6 is 0 Å². The lowest BCUT2D eigenvalue weighted by Crippen LogP contribution is -2.22. The van der Waals surface area contributed by atoms with Gasteiger partial charge in [-0.25, -0.2) is 0 Å². The van der Waals surface area contributed by atoms with E-state index in [-0.39, 0.29) is 0 Å². The lowest BCUT2D eigenvalue weighted by molar-refractivity contribution is 0.795. The average molecular weight is 126 g/mol. The van der Waals surface area contributed by atoms with Crippen LogP contribution in [0.25, 0.3) is 0 Å². The molecule has 0 fully saturated rings. The lowest BCUT2D eigenvalue weighted by Gasteiger charge is -1.99. The number of hydrogen-bond donors (Lipinski definition) is 1. The predicted molar refractivity (Wildman–Crippen MR) is 37.3 cm³/mol. The van der Waals surface area contributed by atoms with Gasteiger partial charge in [-0.3, -0.25) is 0 Å². The van der Waals surface area contributed by atoms with E-state index in [1.165, 1.54) is 0 Å². The standard InChI is InChI=1S/C6H12N3/c1-2-4-7-6-3-5-8-9-6/h2-5H2,1H3,(H,7,9). The maximum Gasteiger partial charge on any atom is 0.126 e. The van der Waals surface area contributed by atoms with Crippen molar-refractivity contribution in [1.29, 1.82) is 0 Å². The topological polar surface area (TPSA) is 38.5 Å². The molecule has 0 saturated heterocycles.